The fourth-order valence-electron chi connectivity index (χ4n) is 3.37. The smallest absolute Gasteiger partial charge is 0.0907 e. The molecule has 2 aromatic rings. The van der Waals surface area contributed by atoms with Gasteiger partial charge in [-0.2, -0.15) is 0 Å². The van der Waals surface area contributed by atoms with Gasteiger partial charge < -0.3 is 10.3 Å². The van der Waals surface area contributed by atoms with E-state index < -0.39 is 6.10 Å². The molecule has 1 atom stereocenters. The van der Waals surface area contributed by atoms with E-state index in [1.165, 1.54) is 22.3 Å². The van der Waals surface area contributed by atoms with Crippen LogP contribution in [0.1, 0.15) is 39.8 Å². The summed E-state index contributed by atoms with van der Waals surface area (Å²) >= 11 is 0. The fourth-order valence-corrected chi connectivity index (χ4v) is 3.37. The quantitative estimate of drug-likeness (QED) is 0.432. The summed E-state index contributed by atoms with van der Waals surface area (Å²) in [6.45, 7) is 8.31. The molecule has 0 aliphatic heterocycles. The Kier molecular flexibility index (Phi) is 6.65. The predicted molar refractivity (Wildman–Crippen MR) is 98.5 cm³/mol. The van der Waals surface area contributed by atoms with Crippen molar-refractivity contribution >= 4 is 16.9 Å². The van der Waals surface area contributed by atoms with Crippen LogP contribution in [0, 0.1) is 71.8 Å². The Morgan fingerprint density at radius 1 is 0.920 bits per heavy atom. The van der Waals surface area contributed by atoms with Crippen LogP contribution in [-0.2, 0) is 0 Å². The molecule has 0 saturated carbocycles. The average Bonchev–Trinajstić information content (AvgIpc) is 2.89. The van der Waals surface area contributed by atoms with Gasteiger partial charge in [0, 0.05) is 56.1 Å². The van der Waals surface area contributed by atoms with Gasteiger partial charge in [0.05, 0.1) is 11.8 Å². The number of aliphatic hydroxyl groups excluding tert-OH is 1. The number of aliphatic hydroxyl groups is 1. The molecular weight excluding hydrogens is 525 g/mol. The molecule has 1 aliphatic rings. The summed E-state index contributed by atoms with van der Waals surface area (Å²) in [7, 11) is 0. The Hall–Kier alpha value is -0.948. The first-order valence-electron chi connectivity index (χ1n) is 8.21. The van der Waals surface area contributed by atoms with Crippen molar-refractivity contribution in [2.24, 2.45) is 5.16 Å². The first kappa shape index (κ1) is 20.4. The van der Waals surface area contributed by atoms with Gasteiger partial charge in [0.15, 0.2) is 0 Å². The van der Waals surface area contributed by atoms with Crippen molar-refractivity contribution < 1.29 is 54.4 Å². The Bertz CT molecular complexity index is 828. The van der Waals surface area contributed by atoms with Gasteiger partial charge in [0.25, 0.3) is 0 Å². The maximum absolute atomic E-state index is 10.6. The molecule has 0 aromatic heterocycles. The van der Waals surface area contributed by atoms with Gasteiger partial charge in [-0.05, 0) is 61.1 Å². The maximum atomic E-state index is 10.6. The van der Waals surface area contributed by atoms with Gasteiger partial charge >= 0.3 is 0 Å². The molecule has 0 saturated heterocycles. The second-order valence-electron chi connectivity index (χ2n) is 6.66. The molecule has 0 amide bonds. The second-order valence-corrected chi connectivity index (χ2v) is 6.66. The normalized spacial score (nSPS) is 18.6. The van der Waals surface area contributed by atoms with Gasteiger partial charge in [0.2, 0.25) is 0 Å². The average molecular weight is 548 g/mol. The summed E-state index contributed by atoms with van der Waals surface area (Å²) in [5.74, 6) is 0. The first-order valence-corrected chi connectivity index (χ1v) is 8.21. The van der Waals surface area contributed by atoms with Crippen molar-refractivity contribution in [1.29, 1.82) is 0 Å². The molecule has 2 aromatic carbocycles. The number of allylic oxidation sites excluding steroid dienone is 1. The zero-order valence-electron chi connectivity index (χ0n) is 15.2. The standard InChI is InChI=1S/C21H23NO2.Ac/c1-12-5-7-16(8-6-12)21-19(23)11-18(22-24)20(21)17-9-13(2)15(4)14(3)10-17;/h5-10,19,23-24H,11H2,1-4H3;/b22-18+;. The minimum Gasteiger partial charge on any atom is -0.411 e. The van der Waals surface area contributed by atoms with Crippen molar-refractivity contribution in [3.05, 3.63) is 69.8 Å². The Labute approximate surface area is 185 Å². The van der Waals surface area contributed by atoms with Crippen molar-refractivity contribution in [3.8, 4) is 0 Å². The Balaban J connectivity index is 0.00000225. The van der Waals surface area contributed by atoms with Crippen LogP contribution in [0.4, 0.5) is 0 Å². The minimum absolute atomic E-state index is 0. The second kappa shape index (κ2) is 8.17. The van der Waals surface area contributed by atoms with E-state index in [0.717, 1.165) is 22.3 Å². The molecular formula is C21H23AcNO2. The number of aryl methyl sites for hydroxylation is 3. The summed E-state index contributed by atoms with van der Waals surface area (Å²) < 4.78 is 0. The SMILES string of the molecule is Cc1ccc(C2=C(c3cc(C)c(C)c(C)c3)/C(=N/O)CC2O)cc1.[Ac]. The molecule has 1 aliphatic carbocycles. The third-order valence-corrected chi connectivity index (χ3v) is 4.98. The van der Waals surface area contributed by atoms with Crippen LogP contribution in [0.25, 0.3) is 11.1 Å². The summed E-state index contributed by atoms with van der Waals surface area (Å²) in [5.41, 5.74) is 9.02. The zero-order chi connectivity index (χ0) is 17.4. The summed E-state index contributed by atoms with van der Waals surface area (Å²) in [6, 6.07) is 12.3. The predicted octanol–water partition coefficient (Wildman–Crippen LogP) is 4.43. The molecule has 1 unspecified atom stereocenters. The van der Waals surface area contributed by atoms with E-state index in [1.807, 2.05) is 31.2 Å². The van der Waals surface area contributed by atoms with Crippen molar-refractivity contribution in [3.63, 3.8) is 0 Å². The molecule has 0 fully saturated rings. The minimum atomic E-state index is -0.657. The maximum Gasteiger partial charge on any atom is 0.0907 e. The third kappa shape index (κ3) is 3.92. The number of oxime groups is 1. The van der Waals surface area contributed by atoms with Gasteiger partial charge in [0.1, 0.15) is 0 Å². The molecule has 0 spiro atoms. The van der Waals surface area contributed by atoms with E-state index in [1.54, 1.807) is 0 Å². The fraction of sp³-hybridized carbons (Fsp3) is 0.286. The topological polar surface area (TPSA) is 52.8 Å². The molecule has 0 heterocycles. The molecule has 3 rings (SSSR count). The van der Waals surface area contributed by atoms with E-state index in [2.05, 4.69) is 38.1 Å². The van der Waals surface area contributed by atoms with Crippen LogP contribution < -0.4 is 0 Å². The van der Waals surface area contributed by atoms with Crippen LogP contribution in [0.15, 0.2) is 41.6 Å². The van der Waals surface area contributed by atoms with Gasteiger partial charge in [-0.15, -0.1) is 0 Å². The number of benzene rings is 2. The van der Waals surface area contributed by atoms with Crippen LogP contribution in [0.5, 0.6) is 0 Å². The molecule has 0 bridgehead atoms. The molecule has 127 valence electrons. The van der Waals surface area contributed by atoms with Gasteiger partial charge in [-0.1, -0.05) is 47.1 Å². The number of nitrogens with zero attached hydrogens (tertiary/aromatic N) is 1. The molecule has 2 N–H and O–H groups in total. The molecule has 1 radical (unpaired) electrons. The number of hydrogen-bond acceptors (Lipinski definition) is 3. The van der Waals surface area contributed by atoms with E-state index in [9.17, 15) is 10.3 Å². The van der Waals surface area contributed by atoms with E-state index in [0.29, 0.717) is 12.1 Å². The van der Waals surface area contributed by atoms with E-state index in [-0.39, 0.29) is 44.1 Å². The Morgan fingerprint density at radius 3 is 2.00 bits per heavy atom. The van der Waals surface area contributed by atoms with Gasteiger partial charge in [-0.3, -0.25) is 0 Å². The molecule has 3 nitrogen and oxygen atoms in total. The van der Waals surface area contributed by atoms with Crippen LogP contribution in [0.3, 0.4) is 0 Å². The third-order valence-electron chi connectivity index (χ3n) is 4.98. The Morgan fingerprint density at radius 2 is 1.48 bits per heavy atom. The molecule has 4 heteroatoms. The van der Waals surface area contributed by atoms with E-state index >= 15 is 0 Å². The van der Waals surface area contributed by atoms with Crippen LogP contribution >= 0.6 is 0 Å². The van der Waals surface area contributed by atoms with E-state index in [4.69, 9.17) is 0 Å². The summed E-state index contributed by atoms with van der Waals surface area (Å²) in [5, 5.41) is 23.5. The summed E-state index contributed by atoms with van der Waals surface area (Å²) in [6.07, 6.45) is -0.323. The van der Waals surface area contributed by atoms with Crippen LogP contribution in [-0.4, -0.2) is 22.1 Å². The van der Waals surface area contributed by atoms with Crippen LogP contribution in [0.2, 0.25) is 0 Å². The van der Waals surface area contributed by atoms with Crippen molar-refractivity contribution in [1.82, 2.24) is 0 Å². The zero-order valence-corrected chi connectivity index (χ0v) is 19.9. The monoisotopic (exact) mass is 548 g/mol. The largest absolute Gasteiger partial charge is 0.411 e. The molecule has 25 heavy (non-hydrogen) atoms. The first-order chi connectivity index (χ1) is 11.4. The number of rotatable bonds is 2. The van der Waals surface area contributed by atoms with Crippen molar-refractivity contribution in [2.45, 2.75) is 40.2 Å². The van der Waals surface area contributed by atoms with Crippen molar-refractivity contribution in [2.75, 3.05) is 0 Å². The van der Waals surface area contributed by atoms with Gasteiger partial charge in [-0.25, -0.2) is 0 Å². The summed E-state index contributed by atoms with van der Waals surface area (Å²) in [4.78, 5) is 0. The number of hydrogen-bond donors (Lipinski definition) is 2.